The molecule has 0 N–H and O–H groups in total. The second-order valence-electron chi connectivity index (χ2n) is 6.54. The van der Waals surface area contributed by atoms with E-state index in [1.165, 1.54) is 18.0 Å². The maximum absolute atomic E-state index is 13.0. The number of halogens is 1. The highest BCUT2D eigenvalue weighted by Crippen LogP contribution is 2.33. The van der Waals surface area contributed by atoms with Crippen LogP contribution < -0.4 is 19.8 Å². The van der Waals surface area contributed by atoms with Crippen LogP contribution in [0, 0.1) is 0 Å². The van der Waals surface area contributed by atoms with Gasteiger partial charge in [-0.25, -0.2) is 4.68 Å². The van der Waals surface area contributed by atoms with Crippen molar-refractivity contribution in [3.05, 3.63) is 87.8 Å². The lowest BCUT2D eigenvalue weighted by atomic mass is 10.0. The van der Waals surface area contributed by atoms with E-state index in [9.17, 15) is 4.79 Å². The normalized spacial score (nSPS) is 10.8. The molecule has 0 saturated carbocycles. The molecule has 7 heteroatoms. The van der Waals surface area contributed by atoms with Crippen molar-refractivity contribution in [2.24, 2.45) is 0 Å². The first-order chi connectivity index (χ1) is 14.6. The zero-order valence-corrected chi connectivity index (χ0v) is 17.2. The summed E-state index contributed by atoms with van der Waals surface area (Å²) in [6.07, 6.45) is 1.41. The van der Waals surface area contributed by atoms with E-state index >= 15 is 0 Å². The number of fused-ring (bicyclic) bond motifs is 1. The molecule has 0 aliphatic rings. The van der Waals surface area contributed by atoms with Gasteiger partial charge >= 0.3 is 5.56 Å². The molecule has 30 heavy (non-hydrogen) atoms. The van der Waals surface area contributed by atoms with Crippen molar-refractivity contribution in [3.63, 3.8) is 0 Å². The van der Waals surface area contributed by atoms with E-state index in [1.54, 1.807) is 25.3 Å². The van der Waals surface area contributed by atoms with Crippen molar-refractivity contribution >= 4 is 22.4 Å². The Morgan fingerprint density at radius 1 is 0.967 bits per heavy atom. The van der Waals surface area contributed by atoms with E-state index in [-0.39, 0.29) is 10.8 Å². The SMILES string of the molecule is COc1ccc(Oc2c(Cl)cnn(Cc3cccc4ccccc34)c2=O)cc1OC. The Morgan fingerprint density at radius 2 is 1.73 bits per heavy atom. The Morgan fingerprint density at radius 3 is 2.53 bits per heavy atom. The van der Waals surface area contributed by atoms with Gasteiger partial charge in [-0.15, -0.1) is 0 Å². The zero-order valence-electron chi connectivity index (χ0n) is 16.5. The van der Waals surface area contributed by atoms with E-state index in [0.29, 0.717) is 23.8 Å². The molecular formula is C23H19ClN2O4. The fraction of sp³-hybridized carbons (Fsp3) is 0.130. The van der Waals surface area contributed by atoms with Gasteiger partial charge in [-0.2, -0.15) is 5.10 Å². The van der Waals surface area contributed by atoms with E-state index in [1.807, 2.05) is 42.5 Å². The molecule has 0 radical (unpaired) electrons. The molecular weight excluding hydrogens is 404 g/mol. The maximum atomic E-state index is 13.0. The minimum Gasteiger partial charge on any atom is -0.493 e. The smallest absolute Gasteiger partial charge is 0.311 e. The first-order valence-corrected chi connectivity index (χ1v) is 9.60. The molecule has 0 amide bonds. The van der Waals surface area contributed by atoms with Gasteiger partial charge in [-0.1, -0.05) is 54.1 Å². The van der Waals surface area contributed by atoms with Gasteiger partial charge in [0.05, 0.1) is 27.0 Å². The largest absolute Gasteiger partial charge is 0.493 e. The van der Waals surface area contributed by atoms with Gasteiger partial charge < -0.3 is 14.2 Å². The van der Waals surface area contributed by atoms with Gasteiger partial charge in [-0.05, 0) is 28.5 Å². The number of rotatable bonds is 6. The average Bonchev–Trinajstić information content (AvgIpc) is 2.78. The van der Waals surface area contributed by atoms with Crippen molar-refractivity contribution in [1.82, 2.24) is 9.78 Å². The highest BCUT2D eigenvalue weighted by atomic mass is 35.5. The molecule has 4 aromatic rings. The molecule has 0 unspecified atom stereocenters. The van der Waals surface area contributed by atoms with E-state index in [2.05, 4.69) is 5.10 Å². The monoisotopic (exact) mass is 422 g/mol. The maximum Gasteiger partial charge on any atom is 0.311 e. The molecule has 0 spiro atoms. The Hall–Kier alpha value is -3.51. The fourth-order valence-electron chi connectivity index (χ4n) is 3.25. The lowest BCUT2D eigenvalue weighted by molar-refractivity contribution is 0.351. The fourth-order valence-corrected chi connectivity index (χ4v) is 3.41. The Labute approximate surface area is 178 Å². The quantitative estimate of drug-likeness (QED) is 0.442. The van der Waals surface area contributed by atoms with Crippen LogP contribution in [0.3, 0.4) is 0 Å². The number of hydrogen-bond acceptors (Lipinski definition) is 5. The van der Waals surface area contributed by atoms with Crippen LogP contribution in [0.4, 0.5) is 0 Å². The van der Waals surface area contributed by atoms with Crippen molar-refractivity contribution in [3.8, 4) is 23.0 Å². The van der Waals surface area contributed by atoms with Gasteiger partial charge in [0.25, 0.3) is 0 Å². The van der Waals surface area contributed by atoms with Crippen LogP contribution in [-0.2, 0) is 6.54 Å². The predicted octanol–water partition coefficient (Wildman–Crippen LogP) is 4.91. The van der Waals surface area contributed by atoms with Crippen LogP contribution in [0.15, 0.2) is 71.7 Å². The standard InChI is InChI=1S/C23H19ClN2O4/c1-28-20-11-10-17(12-21(20)29-2)30-22-19(24)13-25-26(23(22)27)14-16-8-5-7-15-6-3-4-9-18(15)16/h3-13H,14H2,1-2H3. The molecule has 0 fully saturated rings. The number of hydrogen-bond donors (Lipinski definition) is 0. The summed E-state index contributed by atoms with van der Waals surface area (Å²) in [5, 5.41) is 6.48. The number of nitrogens with zero attached hydrogens (tertiary/aromatic N) is 2. The Kier molecular flexibility index (Phi) is 5.59. The van der Waals surface area contributed by atoms with Crippen LogP contribution in [0.5, 0.6) is 23.0 Å². The third-order valence-corrected chi connectivity index (χ3v) is 5.00. The lowest BCUT2D eigenvalue weighted by Gasteiger charge is -2.13. The molecule has 0 aliphatic carbocycles. The van der Waals surface area contributed by atoms with Crippen LogP contribution >= 0.6 is 11.6 Å². The van der Waals surface area contributed by atoms with Crippen LogP contribution in [-0.4, -0.2) is 24.0 Å². The predicted molar refractivity (Wildman–Crippen MR) is 116 cm³/mol. The van der Waals surface area contributed by atoms with Gasteiger partial charge in [0.2, 0.25) is 5.75 Å². The summed E-state index contributed by atoms with van der Waals surface area (Å²) < 4.78 is 17.7. The van der Waals surface area contributed by atoms with Crippen LogP contribution in [0.1, 0.15) is 5.56 Å². The molecule has 0 bridgehead atoms. The van der Waals surface area contributed by atoms with Crippen molar-refractivity contribution in [2.75, 3.05) is 14.2 Å². The first-order valence-electron chi connectivity index (χ1n) is 9.23. The second kappa shape index (κ2) is 8.47. The van der Waals surface area contributed by atoms with E-state index in [4.69, 9.17) is 25.8 Å². The van der Waals surface area contributed by atoms with Crippen molar-refractivity contribution in [2.45, 2.75) is 6.54 Å². The first kappa shape index (κ1) is 19.8. The molecule has 0 aliphatic heterocycles. The molecule has 0 atom stereocenters. The second-order valence-corrected chi connectivity index (χ2v) is 6.95. The summed E-state index contributed by atoms with van der Waals surface area (Å²) in [6, 6.07) is 19.0. The zero-order chi connectivity index (χ0) is 21.1. The third kappa shape index (κ3) is 3.82. The van der Waals surface area contributed by atoms with Crippen LogP contribution in [0.25, 0.3) is 10.8 Å². The molecule has 6 nitrogen and oxygen atoms in total. The highest BCUT2D eigenvalue weighted by molar-refractivity contribution is 6.31. The van der Waals surface area contributed by atoms with Crippen LogP contribution in [0.2, 0.25) is 5.02 Å². The summed E-state index contributed by atoms with van der Waals surface area (Å²) >= 11 is 6.22. The van der Waals surface area contributed by atoms with E-state index < -0.39 is 5.56 Å². The van der Waals surface area contributed by atoms with Gasteiger partial charge in [-0.3, -0.25) is 4.79 Å². The van der Waals surface area contributed by atoms with Gasteiger partial charge in [0.1, 0.15) is 10.8 Å². The minimum absolute atomic E-state index is 0.000812. The van der Waals surface area contributed by atoms with E-state index in [0.717, 1.165) is 16.3 Å². The molecule has 152 valence electrons. The summed E-state index contributed by atoms with van der Waals surface area (Å²) in [6.45, 7) is 0.291. The number of ether oxygens (including phenoxy) is 3. The minimum atomic E-state index is -0.426. The van der Waals surface area contributed by atoms with Crippen molar-refractivity contribution in [1.29, 1.82) is 0 Å². The number of benzene rings is 3. The lowest BCUT2D eigenvalue weighted by Crippen LogP contribution is -2.24. The highest BCUT2D eigenvalue weighted by Gasteiger charge is 2.15. The summed E-state index contributed by atoms with van der Waals surface area (Å²) in [5.74, 6) is 1.43. The molecule has 3 aromatic carbocycles. The Balaban J connectivity index is 1.70. The molecule has 4 rings (SSSR count). The summed E-state index contributed by atoms with van der Waals surface area (Å²) in [5.41, 5.74) is 0.548. The molecule has 1 aromatic heterocycles. The number of methoxy groups -OCH3 is 2. The van der Waals surface area contributed by atoms with Gasteiger partial charge in [0, 0.05) is 6.07 Å². The summed E-state index contributed by atoms with van der Waals surface area (Å²) in [7, 11) is 3.07. The average molecular weight is 423 g/mol. The summed E-state index contributed by atoms with van der Waals surface area (Å²) in [4.78, 5) is 13.0. The molecule has 1 heterocycles. The van der Waals surface area contributed by atoms with Crippen molar-refractivity contribution < 1.29 is 14.2 Å². The molecule has 0 saturated heterocycles. The third-order valence-electron chi connectivity index (χ3n) is 4.73. The Bertz CT molecular complexity index is 1260. The topological polar surface area (TPSA) is 62.6 Å². The van der Waals surface area contributed by atoms with Gasteiger partial charge in [0.15, 0.2) is 11.5 Å². The number of aromatic nitrogens is 2.